The normalized spacial score (nSPS) is 15.3. The van der Waals surface area contributed by atoms with Crippen LogP contribution < -0.4 is 0 Å². The number of rotatable bonds is 5. The number of hydrogen-bond acceptors (Lipinski definition) is 4. The molecule has 0 radical (unpaired) electrons. The summed E-state index contributed by atoms with van der Waals surface area (Å²) in [6.45, 7) is 3.69. The van der Waals surface area contributed by atoms with Crippen molar-refractivity contribution in [1.82, 2.24) is 9.80 Å². The van der Waals surface area contributed by atoms with Crippen molar-refractivity contribution in [2.24, 2.45) is 0 Å². The van der Waals surface area contributed by atoms with Crippen molar-refractivity contribution in [3.8, 4) is 0 Å². The topological polar surface area (TPSA) is 66.7 Å². The van der Waals surface area contributed by atoms with Crippen molar-refractivity contribution in [2.45, 2.75) is 6.54 Å². The Morgan fingerprint density at radius 3 is 2.27 bits per heavy atom. The summed E-state index contributed by atoms with van der Waals surface area (Å²) in [6, 6.07) is 16.4. The number of carbonyl (C=O) groups is 1. The highest BCUT2D eigenvalue weighted by molar-refractivity contribution is 5.91. The van der Waals surface area contributed by atoms with E-state index in [0.29, 0.717) is 13.1 Å². The second-order valence-corrected chi connectivity index (χ2v) is 6.27. The number of non-ortho nitro benzene ring substituents is 1. The molecule has 0 bridgehead atoms. The maximum absolute atomic E-state index is 12.3. The van der Waals surface area contributed by atoms with Crippen LogP contribution in [0.1, 0.15) is 11.1 Å². The van der Waals surface area contributed by atoms with Crippen LogP contribution in [0.25, 0.3) is 6.08 Å². The molecule has 1 aliphatic rings. The maximum Gasteiger partial charge on any atom is 0.269 e. The Balaban J connectivity index is 1.48. The lowest BCUT2D eigenvalue weighted by Gasteiger charge is -2.34. The second-order valence-electron chi connectivity index (χ2n) is 6.27. The van der Waals surface area contributed by atoms with Crippen molar-refractivity contribution in [3.63, 3.8) is 0 Å². The third-order valence-corrected chi connectivity index (χ3v) is 4.46. The van der Waals surface area contributed by atoms with Crippen LogP contribution in [0.15, 0.2) is 60.7 Å². The molecule has 1 amide bonds. The summed E-state index contributed by atoms with van der Waals surface area (Å²) in [5, 5.41) is 10.7. The Morgan fingerprint density at radius 1 is 1.00 bits per heavy atom. The SMILES string of the molecule is O=C(C=Cc1ccccc1)N1CCN(Cc2ccc([N+](=O)[O-])cc2)CC1. The first kappa shape index (κ1) is 17.8. The Hall–Kier alpha value is -2.99. The predicted octanol–water partition coefficient (Wildman–Crippen LogP) is 2.95. The van der Waals surface area contributed by atoms with E-state index in [-0.39, 0.29) is 11.6 Å². The van der Waals surface area contributed by atoms with E-state index in [0.717, 1.165) is 30.8 Å². The van der Waals surface area contributed by atoms with Gasteiger partial charge in [0.05, 0.1) is 4.92 Å². The first-order valence-electron chi connectivity index (χ1n) is 8.59. The summed E-state index contributed by atoms with van der Waals surface area (Å²) < 4.78 is 0. The number of amides is 1. The molecule has 134 valence electrons. The molecular weight excluding hydrogens is 330 g/mol. The molecule has 0 spiro atoms. The van der Waals surface area contributed by atoms with Gasteiger partial charge in [-0.2, -0.15) is 0 Å². The molecular formula is C20H21N3O3. The molecule has 6 heteroatoms. The van der Waals surface area contributed by atoms with Crippen LogP contribution >= 0.6 is 0 Å². The molecule has 3 rings (SSSR count). The number of nitrogens with zero attached hydrogens (tertiary/aromatic N) is 3. The number of nitro benzene ring substituents is 1. The number of nitro groups is 1. The molecule has 26 heavy (non-hydrogen) atoms. The van der Waals surface area contributed by atoms with Crippen molar-refractivity contribution in [3.05, 3.63) is 81.9 Å². The molecule has 2 aromatic carbocycles. The van der Waals surface area contributed by atoms with Gasteiger partial charge in [-0.15, -0.1) is 0 Å². The molecule has 1 aliphatic heterocycles. The lowest BCUT2D eigenvalue weighted by Crippen LogP contribution is -2.47. The molecule has 0 unspecified atom stereocenters. The lowest BCUT2D eigenvalue weighted by molar-refractivity contribution is -0.384. The molecule has 0 N–H and O–H groups in total. The molecule has 0 aliphatic carbocycles. The van der Waals surface area contributed by atoms with E-state index in [1.165, 1.54) is 12.1 Å². The van der Waals surface area contributed by atoms with Gasteiger partial charge in [0.25, 0.3) is 5.69 Å². The van der Waals surface area contributed by atoms with Gasteiger partial charge in [0, 0.05) is 50.9 Å². The van der Waals surface area contributed by atoms with Gasteiger partial charge in [0.1, 0.15) is 0 Å². The van der Waals surface area contributed by atoms with Gasteiger partial charge in [-0.3, -0.25) is 19.8 Å². The van der Waals surface area contributed by atoms with Crippen molar-refractivity contribution in [2.75, 3.05) is 26.2 Å². The first-order chi connectivity index (χ1) is 12.6. The molecule has 6 nitrogen and oxygen atoms in total. The second kappa shape index (κ2) is 8.40. The van der Waals surface area contributed by atoms with Crippen molar-refractivity contribution >= 4 is 17.7 Å². The zero-order chi connectivity index (χ0) is 18.4. The van der Waals surface area contributed by atoms with E-state index in [2.05, 4.69) is 4.90 Å². The number of benzene rings is 2. The van der Waals surface area contributed by atoms with Gasteiger partial charge in [-0.25, -0.2) is 0 Å². The molecule has 0 saturated carbocycles. The van der Waals surface area contributed by atoms with E-state index in [1.54, 1.807) is 18.2 Å². The molecule has 1 heterocycles. The van der Waals surface area contributed by atoms with E-state index in [4.69, 9.17) is 0 Å². The zero-order valence-corrected chi connectivity index (χ0v) is 14.5. The van der Waals surface area contributed by atoms with E-state index >= 15 is 0 Å². The minimum absolute atomic E-state index is 0.0313. The van der Waals surface area contributed by atoms with Crippen LogP contribution in [-0.4, -0.2) is 46.8 Å². The number of carbonyl (C=O) groups excluding carboxylic acids is 1. The average Bonchev–Trinajstić information content (AvgIpc) is 2.68. The fourth-order valence-corrected chi connectivity index (χ4v) is 2.94. The zero-order valence-electron chi connectivity index (χ0n) is 14.5. The van der Waals surface area contributed by atoms with Gasteiger partial charge in [0.15, 0.2) is 0 Å². The van der Waals surface area contributed by atoms with Crippen molar-refractivity contribution < 1.29 is 9.72 Å². The molecule has 1 fully saturated rings. The lowest BCUT2D eigenvalue weighted by atomic mass is 10.1. The summed E-state index contributed by atoms with van der Waals surface area (Å²) in [5.41, 5.74) is 2.16. The van der Waals surface area contributed by atoms with Gasteiger partial charge >= 0.3 is 0 Å². The summed E-state index contributed by atoms with van der Waals surface area (Å²) in [7, 11) is 0. The monoisotopic (exact) mass is 351 g/mol. The Morgan fingerprint density at radius 2 is 1.65 bits per heavy atom. The van der Waals surface area contributed by atoms with Gasteiger partial charge < -0.3 is 4.90 Å². The van der Waals surface area contributed by atoms with E-state index in [9.17, 15) is 14.9 Å². The molecule has 0 aromatic heterocycles. The summed E-state index contributed by atoms with van der Waals surface area (Å²) >= 11 is 0. The third kappa shape index (κ3) is 4.77. The van der Waals surface area contributed by atoms with Gasteiger partial charge in [-0.1, -0.05) is 42.5 Å². The van der Waals surface area contributed by atoms with Crippen LogP contribution in [0.4, 0.5) is 5.69 Å². The fraction of sp³-hybridized carbons (Fsp3) is 0.250. The molecule has 0 atom stereocenters. The maximum atomic E-state index is 12.3. The molecule has 1 saturated heterocycles. The fourth-order valence-electron chi connectivity index (χ4n) is 2.94. The smallest absolute Gasteiger partial charge is 0.269 e. The highest BCUT2D eigenvalue weighted by atomic mass is 16.6. The number of piperazine rings is 1. The van der Waals surface area contributed by atoms with Crippen LogP contribution in [-0.2, 0) is 11.3 Å². The quantitative estimate of drug-likeness (QED) is 0.472. The third-order valence-electron chi connectivity index (χ3n) is 4.46. The van der Waals surface area contributed by atoms with Gasteiger partial charge in [0.2, 0.25) is 5.91 Å². The highest BCUT2D eigenvalue weighted by Crippen LogP contribution is 2.14. The van der Waals surface area contributed by atoms with Crippen LogP contribution in [0.2, 0.25) is 0 Å². The van der Waals surface area contributed by atoms with Crippen molar-refractivity contribution in [1.29, 1.82) is 0 Å². The highest BCUT2D eigenvalue weighted by Gasteiger charge is 2.19. The van der Waals surface area contributed by atoms with E-state index in [1.807, 2.05) is 41.3 Å². The van der Waals surface area contributed by atoms with Crippen LogP contribution in [0.3, 0.4) is 0 Å². The standard InChI is InChI=1S/C20H21N3O3/c24-20(11-8-17-4-2-1-3-5-17)22-14-12-21(13-15-22)16-18-6-9-19(10-7-18)23(25)26/h1-11H,12-16H2. The predicted molar refractivity (Wildman–Crippen MR) is 100 cm³/mol. The minimum Gasteiger partial charge on any atom is -0.337 e. The summed E-state index contributed by atoms with van der Waals surface area (Å²) in [6.07, 6.45) is 3.47. The van der Waals surface area contributed by atoms with Gasteiger partial charge in [-0.05, 0) is 17.2 Å². The molecule has 2 aromatic rings. The Kier molecular flexibility index (Phi) is 5.76. The van der Waals surface area contributed by atoms with Crippen LogP contribution in [0.5, 0.6) is 0 Å². The largest absolute Gasteiger partial charge is 0.337 e. The summed E-state index contributed by atoms with van der Waals surface area (Å²) in [4.78, 5) is 26.7. The Labute approximate surface area is 152 Å². The Bertz CT molecular complexity index is 780. The van der Waals surface area contributed by atoms with Crippen LogP contribution in [0, 0.1) is 10.1 Å². The first-order valence-corrected chi connectivity index (χ1v) is 8.59. The summed E-state index contributed by atoms with van der Waals surface area (Å²) in [5.74, 6) is 0.0313. The number of hydrogen-bond donors (Lipinski definition) is 0. The minimum atomic E-state index is -0.392. The van der Waals surface area contributed by atoms with E-state index < -0.39 is 4.92 Å². The average molecular weight is 351 g/mol.